The molecular weight excluding hydrogens is 742 g/mol. The van der Waals surface area contributed by atoms with Crippen LogP contribution in [0.5, 0.6) is 0 Å². The molecule has 0 aliphatic rings. The van der Waals surface area contributed by atoms with Crippen LogP contribution in [-0.2, 0) is 59.2 Å². The molecule has 2 heterocycles. The van der Waals surface area contributed by atoms with Crippen LogP contribution in [0.3, 0.4) is 0 Å². The van der Waals surface area contributed by atoms with Gasteiger partial charge in [0.15, 0.2) is 0 Å². The Morgan fingerprint density at radius 1 is 0.850 bits per heavy atom. The molecule has 0 fully saturated rings. The van der Waals surface area contributed by atoms with E-state index in [2.05, 4.69) is 121 Å². The van der Waals surface area contributed by atoms with E-state index in [9.17, 15) is 0 Å². The van der Waals surface area contributed by atoms with Gasteiger partial charge in [0.2, 0.25) is 0 Å². The van der Waals surface area contributed by atoms with Crippen molar-refractivity contribution in [3.05, 3.63) is 90.5 Å². The van der Waals surface area contributed by atoms with Crippen molar-refractivity contribution in [1.29, 1.82) is 0 Å². The Hall–Kier alpha value is -1.38. The van der Waals surface area contributed by atoms with Crippen molar-refractivity contribution in [3.63, 3.8) is 0 Å². The normalized spacial score (nSPS) is 11.8. The predicted molar refractivity (Wildman–Crippen MR) is 166 cm³/mol. The summed E-state index contributed by atoms with van der Waals surface area (Å²) in [5.41, 5.74) is 10.6. The van der Waals surface area contributed by atoms with E-state index in [-0.39, 0.29) is 65.7 Å². The van der Waals surface area contributed by atoms with Gasteiger partial charge in [-0.1, -0.05) is 92.0 Å². The van der Waals surface area contributed by atoms with Crippen molar-refractivity contribution in [2.45, 2.75) is 86.5 Å². The van der Waals surface area contributed by atoms with Gasteiger partial charge in [0.25, 0.3) is 0 Å². The minimum Gasteiger partial charge on any atom is -0.358 e. The summed E-state index contributed by atoms with van der Waals surface area (Å²) in [7, 11) is 0. The molecule has 0 spiro atoms. The van der Waals surface area contributed by atoms with Crippen LogP contribution in [0.2, 0.25) is 0 Å². The number of imidazole rings is 1. The maximum Gasteiger partial charge on any atom is 0.0639 e. The summed E-state index contributed by atoms with van der Waals surface area (Å²) in [4.78, 5) is 5.05. The van der Waals surface area contributed by atoms with Crippen molar-refractivity contribution < 1.29 is 52.8 Å². The summed E-state index contributed by atoms with van der Waals surface area (Å²) in [6.45, 7) is 20.8. The molecule has 40 heavy (non-hydrogen) atoms. The predicted octanol–water partition coefficient (Wildman–Crippen LogP) is 10.5. The van der Waals surface area contributed by atoms with E-state index in [1.165, 1.54) is 49.8 Å². The molecule has 0 saturated heterocycles. The Morgan fingerprint density at radius 3 is 2.02 bits per heavy atom. The first-order chi connectivity index (χ1) is 17.5. The van der Waals surface area contributed by atoms with Crippen molar-refractivity contribution >= 4 is 27.3 Å². The molecule has 212 valence electrons. The quantitative estimate of drug-likeness (QED) is 0.128. The van der Waals surface area contributed by atoms with Gasteiger partial charge >= 0.3 is 0 Å². The Kier molecular flexibility index (Phi) is 11.6. The van der Waals surface area contributed by atoms with E-state index in [1.54, 1.807) is 0 Å². The Morgan fingerprint density at radius 2 is 1.48 bits per heavy atom. The van der Waals surface area contributed by atoms with Crippen molar-refractivity contribution in [2.24, 2.45) is 5.41 Å². The molecule has 3 aromatic carbocycles. The van der Waals surface area contributed by atoms with Crippen LogP contribution < -0.4 is 0 Å². The minimum atomic E-state index is 0. The average molecular weight is 786 g/mol. The number of pyridine rings is 1. The maximum absolute atomic E-state index is 5.05. The first-order valence-corrected chi connectivity index (χ1v) is 13.9. The van der Waals surface area contributed by atoms with Crippen LogP contribution >= 0.6 is 0 Å². The molecule has 2 aromatic heterocycles. The van der Waals surface area contributed by atoms with Gasteiger partial charge in [-0.25, -0.2) is 0 Å². The largest absolute Gasteiger partial charge is 0.358 e. The van der Waals surface area contributed by atoms with E-state index in [1.807, 2.05) is 6.07 Å². The fourth-order valence-corrected chi connectivity index (χ4v) is 5.76. The van der Waals surface area contributed by atoms with Crippen LogP contribution in [-0.4, -0.2) is 9.38 Å². The van der Waals surface area contributed by atoms with Crippen LogP contribution in [0.4, 0.5) is 0 Å². The number of aromatic nitrogens is 2. The zero-order valence-corrected chi connectivity index (χ0v) is 31.2. The summed E-state index contributed by atoms with van der Waals surface area (Å²) >= 11 is 0. The number of rotatable bonds is 5. The second kappa shape index (κ2) is 13.3. The molecule has 5 aromatic rings. The summed E-state index contributed by atoms with van der Waals surface area (Å²) < 4.78 is 2.40. The first kappa shape index (κ1) is 34.8. The van der Waals surface area contributed by atoms with Gasteiger partial charge in [-0.3, -0.25) is 4.98 Å². The zero-order chi connectivity index (χ0) is 26.6. The maximum atomic E-state index is 5.05. The monoisotopic (exact) mass is 786 g/mol. The molecule has 0 saturated carbocycles. The summed E-state index contributed by atoms with van der Waals surface area (Å²) in [5.74, 6) is 1.31. The second-order valence-corrected chi connectivity index (χ2v) is 12.9. The third-order valence-electron chi connectivity index (χ3n) is 7.56. The SMILES string of the molecule is CC(C)c1cc(C(C)C)c(-c2cnc3c4[c-]cccc4c4cc(CC(C)(C)C)ccc4n23)c(C(C)C)c1.[CH3-].[Ir].[Y]. The van der Waals surface area contributed by atoms with Gasteiger partial charge in [0.1, 0.15) is 0 Å². The summed E-state index contributed by atoms with van der Waals surface area (Å²) in [6, 6.07) is 21.8. The standard InChI is InChI=1S/C35H41N2.CH3.Ir.Y/c1-21(2)25-17-28(22(3)4)33(29(18-25)23(5)6)32-20-36-34-27-13-11-10-12-26(27)30-16-24(19-35(7,8)9)14-15-31(30)37(32)34;;;/h10-12,14-18,20-23H,19H2,1-9H3;1H3;;/q2*-1;;. The van der Waals surface area contributed by atoms with E-state index in [0.29, 0.717) is 17.8 Å². The third kappa shape index (κ3) is 6.49. The van der Waals surface area contributed by atoms with E-state index in [0.717, 1.165) is 17.5 Å². The van der Waals surface area contributed by atoms with Gasteiger partial charge in [-0.15, -0.1) is 29.7 Å². The molecule has 2 nitrogen and oxygen atoms in total. The van der Waals surface area contributed by atoms with Gasteiger partial charge in [-0.2, -0.15) is 0 Å². The Balaban J connectivity index is 0.00000187. The average Bonchev–Trinajstić information content (AvgIpc) is 3.27. The number of hydrogen-bond donors (Lipinski definition) is 0. The fourth-order valence-electron chi connectivity index (χ4n) is 5.76. The molecule has 0 bridgehead atoms. The summed E-state index contributed by atoms with van der Waals surface area (Å²) in [5, 5.41) is 3.59. The number of hydrogen-bond acceptors (Lipinski definition) is 1. The number of nitrogens with zero attached hydrogens (tertiary/aromatic N) is 2. The Bertz CT molecular complexity index is 1590. The molecule has 5 rings (SSSR count). The van der Waals surface area contributed by atoms with Crippen molar-refractivity contribution in [1.82, 2.24) is 9.38 Å². The smallest absolute Gasteiger partial charge is 0.0639 e. The second-order valence-electron chi connectivity index (χ2n) is 12.9. The first-order valence-electron chi connectivity index (χ1n) is 13.9. The number of fused-ring (bicyclic) bond motifs is 6. The van der Waals surface area contributed by atoms with Gasteiger partial charge < -0.3 is 11.8 Å². The van der Waals surface area contributed by atoms with Crippen molar-refractivity contribution in [2.75, 3.05) is 0 Å². The zero-order valence-electron chi connectivity index (χ0n) is 25.9. The van der Waals surface area contributed by atoms with E-state index < -0.39 is 0 Å². The topological polar surface area (TPSA) is 17.3 Å². The van der Waals surface area contributed by atoms with E-state index in [4.69, 9.17) is 4.98 Å². The molecule has 0 aliphatic carbocycles. The molecule has 0 N–H and O–H groups in total. The third-order valence-corrected chi connectivity index (χ3v) is 7.56. The van der Waals surface area contributed by atoms with Gasteiger partial charge in [-0.05, 0) is 63.3 Å². The fraction of sp³-hybridized carbons (Fsp3) is 0.389. The van der Waals surface area contributed by atoms with Gasteiger partial charge in [0, 0.05) is 70.1 Å². The summed E-state index contributed by atoms with van der Waals surface area (Å²) in [6.07, 6.45) is 3.14. The van der Waals surface area contributed by atoms with Crippen LogP contribution in [0.1, 0.15) is 102 Å². The molecular formula is C36H44IrN2Y-2. The van der Waals surface area contributed by atoms with E-state index >= 15 is 0 Å². The molecule has 4 heteroatoms. The van der Waals surface area contributed by atoms with Crippen LogP contribution in [0.25, 0.3) is 38.6 Å². The Labute approximate surface area is 281 Å². The van der Waals surface area contributed by atoms with Gasteiger partial charge in [0.05, 0.1) is 11.3 Å². The minimum absolute atomic E-state index is 0. The molecule has 0 aliphatic heterocycles. The van der Waals surface area contributed by atoms with Crippen LogP contribution in [0.15, 0.2) is 54.7 Å². The number of benzene rings is 3. The van der Waals surface area contributed by atoms with Crippen molar-refractivity contribution in [3.8, 4) is 11.3 Å². The molecule has 0 amide bonds. The molecule has 2 radical (unpaired) electrons. The molecule has 0 atom stereocenters. The van der Waals surface area contributed by atoms with Crippen LogP contribution in [0, 0.1) is 18.9 Å². The molecule has 0 unspecified atom stereocenters.